The van der Waals surface area contributed by atoms with Gasteiger partial charge >= 0.3 is 6.09 Å². The molecule has 1 amide bonds. The van der Waals surface area contributed by atoms with Gasteiger partial charge in [-0.15, -0.1) is 0 Å². The standard InChI is InChI=1S/C18H19FN2O2/c1-18(2,3)23-17(22)21-15-9-6-13(7-10-15)4-5-14-8-11-16(19)20-12-14/h4-12H,1-3H3,(H,21,22)/b5-4+. The number of ether oxygens (including phenoxy) is 1. The number of amides is 1. The Morgan fingerprint density at radius 1 is 1.09 bits per heavy atom. The van der Waals surface area contributed by atoms with E-state index < -0.39 is 17.6 Å². The monoisotopic (exact) mass is 314 g/mol. The van der Waals surface area contributed by atoms with Crippen molar-refractivity contribution in [2.24, 2.45) is 0 Å². The topological polar surface area (TPSA) is 51.2 Å². The summed E-state index contributed by atoms with van der Waals surface area (Å²) in [5, 5.41) is 2.67. The summed E-state index contributed by atoms with van der Waals surface area (Å²) in [7, 11) is 0. The van der Waals surface area contributed by atoms with Gasteiger partial charge in [-0.3, -0.25) is 5.32 Å². The van der Waals surface area contributed by atoms with Crippen molar-refractivity contribution in [3.8, 4) is 0 Å². The quantitative estimate of drug-likeness (QED) is 0.833. The predicted molar refractivity (Wildman–Crippen MR) is 89.4 cm³/mol. The molecule has 1 heterocycles. The maximum absolute atomic E-state index is 12.7. The molecular weight excluding hydrogens is 295 g/mol. The number of hydrogen-bond acceptors (Lipinski definition) is 3. The normalized spacial score (nSPS) is 11.5. The number of nitrogens with one attached hydrogen (secondary N) is 1. The van der Waals surface area contributed by atoms with Gasteiger partial charge in [0.15, 0.2) is 0 Å². The minimum absolute atomic E-state index is 0.488. The highest BCUT2D eigenvalue weighted by Crippen LogP contribution is 2.14. The molecule has 1 aromatic heterocycles. The number of halogens is 1. The summed E-state index contributed by atoms with van der Waals surface area (Å²) in [6.45, 7) is 5.43. The van der Waals surface area contributed by atoms with Crippen LogP contribution in [0.3, 0.4) is 0 Å². The van der Waals surface area contributed by atoms with Crippen molar-refractivity contribution >= 4 is 23.9 Å². The number of nitrogens with zero attached hydrogens (tertiary/aromatic N) is 1. The van der Waals surface area contributed by atoms with Crippen molar-refractivity contribution in [2.75, 3.05) is 5.32 Å². The van der Waals surface area contributed by atoms with Crippen LogP contribution in [0.4, 0.5) is 14.9 Å². The molecule has 0 bridgehead atoms. The van der Waals surface area contributed by atoms with Crippen LogP contribution in [-0.2, 0) is 4.74 Å². The van der Waals surface area contributed by atoms with Crippen molar-refractivity contribution in [3.05, 3.63) is 59.7 Å². The fourth-order valence-electron chi connectivity index (χ4n) is 1.78. The molecule has 0 saturated heterocycles. The van der Waals surface area contributed by atoms with E-state index in [1.165, 1.54) is 12.3 Å². The Balaban J connectivity index is 1.96. The molecule has 0 spiro atoms. The molecule has 0 aliphatic heterocycles. The van der Waals surface area contributed by atoms with Crippen molar-refractivity contribution in [3.63, 3.8) is 0 Å². The number of benzene rings is 1. The predicted octanol–water partition coefficient (Wildman–Crippen LogP) is 4.74. The zero-order valence-electron chi connectivity index (χ0n) is 13.3. The molecule has 2 rings (SSSR count). The molecule has 0 aliphatic carbocycles. The van der Waals surface area contributed by atoms with E-state index in [1.807, 2.05) is 45.1 Å². The van der Waals surface area contributed by atoms with Gasteiger partial charge in [0.1, 0.15) is 5.60 Å². The van der Waals surface area contributed by atoms with E-state index in [4.69, 9.17) is 4.74 Å². The largest absolute Gasteiger partial charge is 0.444 e. The number of anilines is 1. The van der Waals surface area contributed by atoms with Crippen LogP contribution in [0.5, 0.6) is 0 Å². The highest BCUT2D eigenvalue weighted by atomic mass is 19.1. The fraction of sp³-hybridized carbons (Fsp3) is 0.222. The SMILES string of the molecule is CC(C)(C)OC(=O)Nc1ccc(/C=C/c2ccc(F)nc2)cc1. The Bertz CT molecular complexity index is 686. The highest BCUT2D eigenvalue weighted by Gasteiger charge is 2.15. The Labute approximate surface area is 135 Å². The van der Waals surface area contributed by atoms with Gasteiger partial charge in [0.2, 0.25) is 5.95 Å². The average Bonchev–Trinajstić information content (AvgIpc) is 2.46. The molecule has 0 atom stereocenters. The molecule has 0 saturated carbocycles. The van der Waals surface area contributed by atoms with E-state index in [-0.39, 0.29) is 0 Å². The minimum Gasteiger partial charge on any atom is -0.444 e. The molecule has 0 radical (unpaired) electrons. The number of carbonyl (C=O) groups excluding carboxylic acids is 1. The molecule has 4 nitrogen and oxygen atoms in total. The Morgan fingerprint density at radius 2 is 1.70 bits per heavy atom. The second-order valence-electron chi connectivity index (χ2n) is 6.00. The molecule has 0 aliphatic rings. The van der Waals surface area contributed by atoms with Crippen molar-refractivity contribution in [1.29, 1.82) is 0 Å². The fourth-order valence-corrected chi connectivity index (χ4v) is 1.78. The van der Waals surface area contributed by atoms with Crippen LogP contribution in [0.2, 0.25) is 0 Å². The summed E-state index contributed by atoms with van der Waals surface area (Å²) in [6, 6.07) is 10.3. The summed E-state index contributed by atoms with van der Waals surface area (Å²) >= 11 is 0. The maximum Gasteiger partial charge on any atom is 0.412 e. The lowest BCUT2D eigenvalue weighted by Gasteiger charge is -2.19. The van der Waals surface area contributed by atoms with Crippen LogP contribution in [-0.4, -0.2) is 16.7 Å². The number of pyridine rings is 1. The van der Waals surface area contributed by atoms with Gasteiger partial charge in [0, 0.05) is 11.9 Å². The summed E-state index contributed by atoms with van der Waals surface area (Å²) in [5.41, 5.74) is 1.88. The van der Waals surface area contributed by atoms with E-state index >= 15 is 0 Å². The first-order valence-corrected chi connectivity index (χ1v) is 7.21. The molecular formula is C18H19FN2O2. The zero-order chi connectivity index (χ0) is 16.9. The summed E-state index contributed by atoms with van der Waals surface area (Å²) in [6.07, 6.45) is 4.69. The molecule has 1 aromatic carbocycles. The second kappa shape index (κ2) is 7.05. The molecule has 0 fully saturated rings. The van der Waals surface area contributed by atoms with Crippen molar-refractivity contribution in [1.82, 2.24) is 4.98 Å². The third-order valence-electron chi connectivity index (χ3n) is 2.77. The van der Waals surface area contributed by atoms with E-state index in [1.54, 1.807) is 18.2 Å². The number of rotatable bonds is 3. The van der Waals surface area contributed by atoms with E-state index in [0.717, 1.165) is 11.1 Å². The highest BCUT2D eigenvalue weighted by molar-refractivity contribution is 5.85. The summed E-state index contributed by atoms with van der Waals surface area (Å²) in [5.74, 6) is -0.500. The third kappa shape index (κ3) is 5.90. The van der Waals surface area contributed by atoms with Crippen molar-refractivity contribution in [2.45, 2.75) is 26.4 Å². The van der Waals surface area contributed by atoms with E-state index in [9.17, 15) is 9.18 Å². The van der Waals surface area contributed by atoms with E-state index in [0.29, 0.717) is 5.69 Å². The molecule has 5 heteroatoms. The second-order valence-corrected chi connectivity index (χ2v) is 6.00. The first-order valence-electron chi connectivity index (χ1n) is 7.21. The van der Waals surface area contributed by atoms with Gasteiger partial charge in [-0.1, -0.05) is 24.3 Å². The smallest absolute Gasteiger partial charge is 0.412 e. The number of aromatic nitrogens is 1. The van der Waals surface area contributed by atoms with Crippen LogP contribution >= 0.6 is 0 Å². The van der Waals surface area contributed by atoms with Gasteiger partial charge in [-0.05, 0) is 56.2 Å². The Kier molecular flexibility index (Phi) is 5.11. The first kappa shape index (κ1) is 16.7. The third-order valence-corrected chi connectivity index (χ3v) is 2.77. The van der Waals surface area contributed by atoms with Crippen LogP contribution in [0.15, 0.2) is 42.6 Å². The average molecular weight is 314 g/mol. The molecule has 2 aromatic rings. The zero-order valence-corrected chi connectivity index (χ0v) is 13.3. The van der Waals surface area contributed by atoms with Crippen molar-refractivity contribution < 1.29 is 13.9 Å². The van der Waals surface area contributed by atoms with Gasteiger partial charge in [0.05, 0.1) is 0 Å². The van der Waals surface area contributed by atoms with Gasteiger partial charge in [-0.2, -0.15) is 4.39 Å². The van der Waals surface area contributed by atoms with Crippen LogP contribution in [0, 0.1) is 5.95 Å². The van der Waals surface area contributed by atoms with Crippen LogP contribution in [0.1, 0.15) is 31.9 Å². The molecule has 0 unspecified atom stereocenters. The Hall–Kier alpha value is -2.69. The van der Waals surface area contributed by atoms with Gasteiger partial charge in [0.25, 0.3) is 0 Å². The molecule has 1 N–H and O–H groups in total. The minimum atomic E-state index is -0.532. The first-order chi connectivity index (χ1) is 10.8. The molecule has 23 heavy (non-hydrogen) atoms. The lowest BCUT2D eigenvalue weighted by Crippen LogP contribution is -2.27. The lowest BCUT2D eigenvalue weighted by atomic mass is 10.1. The molecule has 120 valence electrons. The summed E-state index contributed by atoms with van der Waals surface area (Å²) in [4.78, 5) is 15.3. The lowest BCUT2D eigenvalue weighted by molar-refractivity contribution is 0.0636. The maximum atomic E-state index is 12.7. The summed E-state index contributed by atoms with van der Waals surface area (Å²) < 4.78 is 17.9. The Morgan fingerprint density at radius 3 is 2.26 bits per heavy atom. The van der Waals surface area contributed by atoms with Crippen LogP contribution in [0.25, 0.3) is 12.2 Å². The number of carbonyl (C=O) groups is 1. The van der Waals surface area contributed by atoms with E-state index in [2.05, 4.69) is 10.3 Å². The van der Waals surface area contributed by atoms with Gasteiger partial charge < -0.3 is 4.74 Å². The number of hydrogen-bond donors (Lipinski definition) is 1. The van der Waals surface area contributed by atoms with Gasteiger partial charge in [-0.25, -0.2) is 9.78 Å². The van der Waals surface area contributed by atoms with Crippen LogP contribution < -0.4 is 5.32 Å².